The molecule has 2 aliphatic rings. The molecule has 0 radical (unpaired) electrons. The summed E-state index contributed by atoms with van der Waals surface area (Å²) in [5.41, 5.74) is 0.362. The third-order valence-corrected chi connectivity index (χ3v) is 6.46. The standard InChI is InChI=1S/C14H25NO4S/c1-14(2)5-3-11(4-6-14)15-7-8-20(18,19)10-12(15)9-13(16)17/h11-12H,3-10H2,1-2H3,(H,16,17). The largest absolute Gasteiger partial charge is 0.481 e. The van der Waals surface area contributed by atoms with Crippen LogP contribution in [0.2, 0.25) is 0 Å². The van der Waals surface area contributed by atoms with Gasteiger partial charge in [-0.05, 0) is 31.1 Å². The van der Waals surface area contributed by atoms with E-state index in [2.05, 4.69) is 18.7 Å². The van der Waals surface area contributed by atoms with Gasteiger partial charge in [0.15, 0.2) is 9.84 Å². The van der Waals surface area contributed by atoms with Gasteiger partial charge in [-0.15, -0.1) is 0 Å². The Hall–Kier alpha value is -0.620. The molecule has 1 unspecified atom stereocenters. The van der Waals surface area contributed by atoms with Crippen molar-refractivity contribution in [3.63, 3.8) is 0 Å². The summed E-state index contributed by atoms with van der Waals surface area (Å²) >= 11 is 0. The van der Waals surface area contributed by atoms with E-state index in [9.17, 15) is 13.2 Å². The lowest BCUT2D eigenvalue weighted by Crippen LogP contribution is -2.54. The summed E-state index contributed by atoms with van der Waals surface area (Å²) in [6.07, 6.45) is 4.27. The minimum absolute atomic E-state index is 0.000801. The summed E-state index contributed by atoms with van der Waals surface area (Å²) in [5.74, 6) is -0.740. The fraction of sp³-hybridized carbons (Fsp3) is 0.929. The number of aliphatic carboxylic acids is 1. The molecule has 2 fully saturated rings. The van der Waals surface area contributed by atoms with Crippen molar-refractivity contribution in [1.29, 1.82) is 0 Å². The van der Waals surface area contributed by atoms with Gasteiger partial charge >= 0.3 is 5.97 Å². The van der Waals surface area contributed by atoms with Crippen molar-refractivity contribution in [3.8, 4) is 0 Å². The molecule has 1 N–H and O–H groups in total. The van der Waals surface area contributed by atoms with E-state index in [4.69, 9.17) is 5.11 Å². The van der Waals surface area contributed by atoms with Gasteiger partial charge in [0.05, 0.1) is 17.9 Å². The van der Waals surface area contributed by atoms with Crippen LogP contribution < -0.4 is 0 Å². The first kappa shape index (κ1) is 15.8. The summed E-state index contributed by atoms with van der Waals surface area (Å²) in [7, 11) is -3.08. The summed E-state index contributed by atoms with van der Waals surface area (Å²) < 4.78 is 23.5. The molecule has 2 rings (SSSR count). The highest BCUT2D eigenvalue weighted by Crippen LogP contribution is 2.38. The van der Waals surface area contributed by atoms with Gasteiger partial charge in [0.1, 0.15) is 0 Å². The monoisotopic (exact) mass is 303 g/mol. The number of carboxylic acids is 1. The average Bonchev–Trinajstić information content (AvgIpc) is 2.28. The van der Waals surface area contributed by atoms with Crippen LogP contribution in [0.5, 0.6) is 0 Å². The summed E-state index contributed by atoms with van der Waals surface area (Å²) in [6.45, 7) is 5.02. The molecular formula is C14H25NO4S. The van der Waals surface area contributed by atoms with Gasteiger partial charge in [0.2, 0.25) is 0 Å². The van der Waals surface area contributed by atoms with Crippen LogP contribution in [0.1, 0.15) is 46.0 Å². The van der Waals surface area contributed by atoms with Crippen LogP contribution in [0.3, 0.4) is 0 Å². The second kappa shape index (κ2) is 5.64. The predicted molar refractivity (Wildman–Crippen MR) is 77.4 cm³/mol. The summed E-state index contributed by atoms with van der Waals surface area (Å²) in [6, 6.07) is 0.000312. The molecule has 5 nitrogen and oxygen atoms in total. The molecule has 6 heteroatoms. The topological polar surface area (TPSA) is 74.7 Å². The maximum absolute atomic E-state index is 11.8. The van der Waals surface area contributed by atoms with Crippen molar-refractivity contribution < 1.29 is 18.3 Å². The van der Waals surface area contributed by atoms with Gasteiger partial charge < -0.3 is 5.11 Å². The first-order valence-corrected chi connectivity index (χ1v) is 9.19. The second-order valence-electron chi connectivity index (χ2n) is 7.00. The number of hydrogen-bond acceptors (Lipinski definition) is 4. The molecule has 0 spiro atoms. The minimum atomic E-state index is -3.08. The number of rotatable bonds is 3. The lowest BCUT2D eigenvalue weighted by molar-refractivity contribution is -0.138. The molecule has 0 aromatic heterocycles. The fourth-order valence-corrected chi connectivity index (χ4v) is 5.02. The maximum Gasteiger partial charge on any atom is 0.304 e. The SMILES string of the molecule is CC1(C)CCC(N2CCS(=O)(=O)CC2CC(=O)O)CC1. The highest BCUT2D eigenvalue weighted by Gasteiger charge is 2.38. The maximum atomic E-state index is 11.8. The highest BCUT2D eigenvalue weighted by molar-refractivity contribution is 7.91. The van der Waals surface area contributed by atoms with Crippen molar-refractivity contribution >= 4 is 15.8 Å². The van der Waals surface area contributed by atoms with Gasteiger partial charge in [-0.3, -0.25) is 9.69 Å². The Kier molecular flexibility index (Phi) is 4.44. The normalized spacial score (nSPS) is 31.0. The van der Waals surface area contributed by atoms with Gasteiger partial charge in [-0.2, -0.15) is 0 Å². The molecule has 1 aliphatic carbocycles. The van der Waals surface area contributed by atoms with Crippen molar-refractivity contribution in [1.82, 2.24) is 4.90 Å². The summed E-state index contributed by atoms with van der Waals surface area (Å²) in [4.78, 5) is 13.1. The predicted octanol–water partition coefficient (Wildman–Crippen LogP) is 1.53. The molecule has 1 heterocycles. The van der Waals surface area contributed by atoms with E-state index in [1.54, 1.807) is 0 Å². The zero-order valence-electron chi connectivity index (χ0n) is 12.3. The van der Waals surface area contributed by atoms with Crippen molar-refractivity contribution in [2.24, 2.45) is 5.41 Å². The van der Waals surface area contributed by atoms with E-state index in [1.807, 2.05) is 0 Å². The number of nitrogens with zero attached hydrogens (tertiary/aromatic N) is 1. The molecule has 1 saturated carbocycles. The van der Waals surface area contributed by atoms with Crippen LogP contribution >= 0.6 is 0 Å². The van der Waals surface area contributed by atoms with Crippen LogP contribution in [0.4, 0.5) is 0 Å². The Morgan fingerprint density at radius 1 is 1.30 bits per heavy atom. The number of hydrogen-bond donors (Lipinski definition) is 1. The van der Waals surface area contributed by atoms with E-state index in [0.29, 0.717) is 18.0 Å². The van der Waals surface area contributed by atoms with E-state index in [1.165, 1.54) is 0 Å². The molecule has 0 amide bonds. The van der Waals surface area contributed by atoms with E-state index >= 15 is 0 Å². The van der Waals surface area contributed by atoms with Gasteiger partial charge in [-0.25, -0.2) is 8.42 Å². The molecule has 116 valence electrons. The van der Waals surface area contributed by atoms with E-state index in [-0.39, 0.29) is 24.0 Å². The number of sulfone groups is 1. The van der Waals surface area contributed by atoms with Crippen LogP contribution in [-0.2, 0) is 14.6 Å². The second-order valence-corrected chi connectivity index (χ2v) is 9.23. The number of carboxylic acid groups (broad SMARTS) is 1. The van der Waals surface area contributed by atoms with E-state index < -0.39 is 15.8 Å². The molecule has 0 bridgehead atoms. The summed E-state index contributed by atoms with van der Waals surface area (Å²) in [5, 5.41) is 9.01. The Labute approximate surface area is 121 Å². The first-order chi connectivity index (χ1) is 9.19. The minimum Gasteiger partial charge on any atom is -0.481 e. The van der Waals surface area contributed by atoms with E-state index in [0.717, 1.165) is 25.7 Å². The average molecular weight is 303 g/mol. The Morgan fingerprint density at radius 3 is 2.45 bits per heavy atom. The number of carbonyl (C=O) groups is 1. The molecule has 1 atom stereocenters. The zero-order chi connectivity index (χ0) is 15.0. The Bertz CT molecular complexity index is 462. The third kappa shape index (κ3) is 3.95. The zero-order valence-corrected chi connectivity index (χ0v) is 13.2. The fourth-order valence-electron chi connectivity index (χ4n) is 3.47. The van der Waals surface area contributed by atoms with Crippen molar-refractivity contribution in [2.75, 3.05) is 18.1 Å². The molecule has 0 aromatic carbocycles. The van der Waals surface area contributed by atoms with Gasteiger partial charge in [0, 0.05) is 18.6 Å². The van der Waals surface area contributed by atoms with Crippen LogP contribution in [0.15, 0.2) is 0 Å². The molecule has 0 aromatic rings. The van der Waals surface area contributed by atoms with Crippen LogP contribution in [-0.4, -0.2) is 54.5 Å². The lowest BCUT2D eigenvalue weighted by Gasteiger charge is -2.45. The van der Waals surface area contributed by atoms with Crippen molar-refractivity contribution in [3.05, 3.63) is 0 Å². The Balaban J connectivity index is 2.06. The van der Waals surface area contributed by atoms with Gasteiger partial charge in [0.25, 0.3) is 0 Å². The smallest absolute Gasteiger partial charge is 0.304 e. The van der Waals surface area contributed by atoms with Gasteiger partial charge in [-0.1, -0.05) is 13.8 Å². The molecule has 1 aliphatic heterocycles. The highest BCUT2D eigenvalue weighted by atomic mass is 32.2. The third-order valence-electron chi connectivity index (χ3n) is 4.76. The lowest BCUT2D eigenvalue weighted by atomic mass is 9.75. The molecule has 1 saturated heterocycles. The van der Waals surface area contributed by atoms with Crippen LogP contribution in [0.25, 0.3) is 0 Å². The quantitative estimate of drug-likeness (QED) is 0.856. The molecular weight excluding hydrogens is 278 g/mol. The van der Waals surface area contributed by atoms with Crippen molar-refractivity contribution in [2.45, 2.75) is 58.0 Å². The molecule has 20 heavy (non-hydrogen) atoms. The Morgan fingerprint density at radius 2 is 1.90 bits per heavy atom. The first-order valence-electron chi connectivity index (χ1n) is 7.36. The van der Waals surface area contributed by atoms with Crippen LogP contribution in [0, 0.1) is 5.41 Å².